The summed E-state index contributed by atoms with van der Waals surface area (Å²) in [4.78, 5) is 24.8. The second-order valence-corrected chi connectivity index (χ2v) is 9.46. The molecule has 6 rings (SSSR count). The molecule has 7 nitrogen and oxygen atoms in total. The monoisotopic (exact) mass is 397 g/mol. The summed E-state index contributed by atoms with van der Waals surface area (Å²) in [5.74, 6) is 1.34. The maximum Gasteiger partial charge on any atom is 0.408 e. The van der Waals surface area contributed by atoms with E-state index in [0.717, 1.165) is 48.4 Å². The van der Waals surface area contributed by atoms with E-state index >= 15 is 0 Å². The fourth-order valence-corrected chi connectivity index (χ4v) is 6.11. The van der Waals surface area contributed by atoms with Crippen LogP contribution in [-0.4, -0.2) is 39.0 Å². The Bertz CT molecular complexity index is 926. The third kappa shape index (κ3) is 3.26. The average Bonchev–Trinajstić information content (AvgIpc) is 3.07. The van der Waals surface area contributed by atoms with E-state index in [1.54, 1.807) is 0 Å². The lowest BCUT2D eigenvalue weighted by Gasteiger charge is -2.53. The molecule has 4 fully saturated rings. The van der Waals surface area contributed by atoms with Crippen LogP contribution in [0, 0.1) is 23.7 Å². The van der Waals surface area contributed by atoms with Gasteiger partial charge in [-0.15, -0.1) is 0 Å². The van der Waals surface area contributed by atoms with Gasteiger partial charge in [0.2, 0.25) is 0 Å². The molecule has 1 aromatic heterocycles. The fraction of sp³-hybridized carbons (Fsp3) is 0.591. The molecule has 1 unspecified atom stereocenters. The molecule has 4 saturated carbocycles. The second kappa shape index (κ2) is 6.75. The lowest BCUT2D eigenvalue weighted by atomic mass is 9.55. The molecule has 0 radical (unpaired) electrons. The topological polar surface area (TPSA) is 104 Å². The summed E-state index contributed by atoms with van der Waals surface area (Å²) >= 11 is 0. The largest absolute Gasteiger partial charge is 0.480 e. The van der Waals surface area contributed by atoms with Crippen LogP contribution in [0.5, 0.6) is 0 Å². The van der Waals surface area contributed by atoms with Crippen molar-refractivity contribution in [1.29, 1.82) is 0 Å². The van der Waals surface area contributed by atoms with Crippen molar-refractivity contribution in [3.63, 3.8) is 0 Å². The minimum absolute atomic E-state index is 0.0725. The Balaban J connectivity index is 1.30. The summed E-state index contributed by atoms with van der Waals surface area (Å²) in [7, 11) is 0. The number of nitrogens with zero attached hydrogens (tertiary/aromatic N) is 1. The third-order valence-electron chi connectivity index (χ3n) is 7.30. The van der Waals surface area contributed by atoms with Crippen molar-refractivity contribution in [1.82, 2.24) is 15.5 Å². The van der Waals surface area contributed by atoms with Crippen LogP contribution in [0.25, 0.3) is 10.9 Å². The van der Waals surface area contributed by atoms with Crippen LogP contribution in [-0.2, 0) is 16.0 Å². The number of benzene rings is 1. The van der Waals surface area contributed by atoms with E-state index in [1.165, 1.54) is 13.3 Å². The number of aromatic nitrogens is 2. The van der Waals surface area contributed by atoms with Gasteiger partial charge in [0.15, 0.2) is 0 Å². The highest BCUT2D eigenvalue weighted by Gasteiger charge is 2.50. The van der Waals surface area contributed by atoms with Gasteiger partial charge in [-0.1, -0.05) is 18.2 Å². The number of carboxylic acid groups (broad SMARTS) is 1. The molecular weight excluding hydrogens is 370 g/mol. The Hall–Kier alpha value is -2.57. The zero-order chi connectivity index (χ0) is 20.2. The lowest BCUT2D eigenvalue weighted by Crippen LogP contribution is -2.56. The van der Waals surface area contributed by atoms with E-state index in [1.807, 2.05) is 24.3 Å². The Kier molecular flexibility index (Phi) is 4.29. The number of ether oxygens (including phenoxy) is 1. The number of aliphatic carboxylic acids is 1. The zero-order valence-corrected chi connectivity index (χ0v) is 16.6. The smallest absolute Gasteiger partial charge is 0.408 e. The van der Waals surface area contributed by atoms with Crippen LogP contribution in [0.15, 0.2) is 24.3 Å². The first kappa shape index (κ1) is 18.5. The van der Waals surface area contributed by atoms with Crippen molar-refractivity contribution in [2.45, 2.75) is 57.1 Å². The molecular formula is C22H27N3O4. The van der Waals surface area contributed by atoms with E-state index in [-0.39, 0.29) is 12.5 Å². The van der Waals surface area contributed by atoms with Crippen molar-refractivity contribution in [2.75, 3.05) is 0 Å². The molecule has 0 saturated heterocycles. The highest BCUT2D eigenvalue weighted by molar-refractivity contribution is 5.86. The molecule has 0 aliphatic heterocycles. The minimum Gasteiger partial charge on any atom is -0.480 e. The van der Waals surface area contributed by atoms with Crippen LogP contribution in [0.3, 0.4) is 0 Å². The molecule has 0 spiro atoms. The number of carboxylic acids is 1. The number of amides is 1. The highest BCUT2D eigenvalue weighted by Crippen LogP contribution is 2.54. The molecule has 1 amide bonds. The van der Waals surface area contributed by atoms with Crippen molar-refractivity contribution in [3.8, 4) is 0 Å². The van der Waals surface area contributed by atoms with E-state index < -0.39 is 17.6 Å². The van der Waals surface area contributed by atoms with E-state index in [4.69, 9.17) is 4.74 Å². The van der Waals surface area contributed by atoms with E-state index in [0.29, 0.717) is 17.5 Å². The standard InChI is InChI=1S/C22H27N3O4/c1-22(20(26)27,11-18-16-4-2-3-5-17(16)24-25-18)23-21(28)29-19-14-7-12-6-13(9-14)10-15(19)8-12/h2-5,12-15,19H,6-11H2,1H3,(H,23,28)(H,24,25)(H,26,27). The predicted octanol–water partition coefficient (Wildman–Crippen LogP) is 3.50. The van der Waals surface area contributed by atoms with Gasteiger partial charge in [-0.3, -0.25) is 5.10 Å². The number of nitrogens with one attached hydrogen (secondary N) is 2. The molecule has 2 aromatic rings. The Morgan fingerprint density at radius 1 is 1.17 bits per heavy atom. The molecule has 1 atom stereocenters. The van der Waals surface area contributed by atoms with Crippen LogP contribution < -0.4 is 5.32 Å². The predicted molar refractivity (Wildman–Crippen MR) is 106 cm³/mol. The van der Waals surface area contributed by atoms with Crippen molar-refractivity contribution < 1.29 is 19.4 Å². The first-order valence-corrected chi connectivity index (χ1v) is 10.6. The Morgan fingerprint density at radius 2 is 1.83 bits per heavy atom. The van der Waals surface area contributed by atoms with Crippen LogP contribution in [0.1, 0.15) is 44.7 Å². The van der Waals surface area contributed by atoms with Gasteiger partial charge in [0.25, 0.3) is 0 Å². The SMILES string of the molecule is CC(Cc1n[nH]c2ccccc12)(NC(=O)OC1C2CC3CC(C2)CC1C3)C(=O)O. The number of carbonyl (C=O) groups excluding carboxylic acids is 1. The number of fused-ring (bicyclic) bond motifs is 1. The van der Waals surface area contributed by atoms with Crippen molar-refractivity contribution in [3.05, 3.63) is 30.0 Å². The lowest BCUT2D eigenvalue weighted by molar-refractivity contribution is -0.144. The molecule has 154 valence electrons. The number of hydrogen-bond donors (Lipinski definition) is 3. The van der Waals surface area contributed by atoms with E-state index in [2.05, 4.69) is 15.5 Å². The Morgan fingerprint density at radius 3 is 2.48 bits per heavy atom. The van der Waals surface area contributed by atoms with Crippen LogP contribution in [0.2, 0.25) is 0 Å². The average molecular weight is 397 g/mol. The summed E-state index contributed by atoms with van der Waals surface area (Å²) in [6.07, 6.45) is 5.25. The van der Waals surface area contributed by atoms with Gasteiger partial charge in [-0.05, 0) is 68.8 Å². The third-order valence-corrected chi connectivity index (χ3v) is 7.30. The van der Waals surface area contributed by atoms with E-state index in [9.17, 15) is 14.7 Å². The zero-order valence-electron chi connectivity index (χ0n) is 16.6. The van der Waals surface area contributed by atoms with Gasteiger partial charge in [-0.25, -0.2) is 9.59 Å². The summed E-state index contributed by atoms with van der Waals surface area (Å²) in [6, 6.07) is 7.55. The van der Waals surface area contributed by atoms with Gasteiger partial charge in [0, 0.05) is 11.8 Å². The van der Waals surface area contributed by atoms with Crippen molar-refractivity contribution >= 4 is 23.0 Å². The molecule has 1 aromatic carbocycles. The van der Waals surface area contributed by atoms with Crippen LogP contribution >= 0.6 is 0 Å². The second-order valence-electron chi connectivity index (χ2n) is 9.46. The summed E-state index contributed by atoms with van der Waals surface area (Å²) < 4.78 is 5.84. The number of aromatic amines is 1. The first-order valence-electron chi connectivity index (χ1n) is 10.6. The summed E-state index contributed by atoms with van der Waals surface area (Å²) in [5.41, 5.74) is -0.0483. The van der Waals surface area contributed by atoms with Crippen LogP contribution in [0.4, 0.5) is 4.79 Å². The van der Waals surface area contributed by atoms with Gasteiger partial charge in [-0.2, -0.15) is 5.10 Å². The number of hydrogen-bond acceptors (Lipinski definition) is 4. The number of rotatable bonds is 5. The molecule has 4 bridgehead atoms. The summed E-state index contributed by atoms with van der Waals surface area (Å²) in [5, 5.41) is 20.5. The minimum atomic E-state index is -1.50. The highest BCUT2D eigenvalue weighted by atomic mass is 16.6. The molecule has 29 heavy (non-hydrogen) atoms. The maximum atomic E-state index is 12.7. The molecule has 4 aliphatic carbocycles. The van der Waals surface area contributed by atoms with Gasteiger partial charge in [0.1, 0.15) is 11.6 Å². The maximum absolute atomic E-state index is 12.7. The molecule has 3 N–H and O–H groups in total. The number of H-pyrrole nitrogens is 1. The Labute approximate surface area is 169 Å². The van der Waals surface area contributed by atoms with Gasteiger partial charge >= 0.3 is 12.1 Å². The van der Waals surface area contributed by atoms with Gasteiger partial charge in [0.05, 0.1) is 11.2 Å². The fourth-order valence-electron chi connectivity index (χ4n) is 6.11. The quantitative estimate of drug-likeness (QED) is 0.716. The summed E-state index contributed by atoms with van der Waals surface area (Å²) in [6.45, 7) is 1.51. The molecule has 7 heteroatoms. The van der Waals surface area contributed by atoms with Crippen molar-refractivity contribution in [2.24, 2.45) is 23.7 Å². The molecule has 1 heterocycles. The van der Waals surface area contributed by atoms with Gasteiger partial charge < -0.3 is 15.2 Å². The number of carbonyl (C=O) groups is 2. The normalized spacial score (nSPS) is 32.1. The first-order chi connectivity index (χ1) is 13.9. The molecule has 4 aliphatic rings. The number of para-hydroxylation sites is 1. The number of alkyl carbamates (subject to hydrolysis) is 1.